The number of hydrogen-bond acceptors (Lipinski definition) is 1. The van der Waals surface area contributed by atoms with E-state index in [1.807, 2.05) is 6.07 Å². The van der Waals surface area contributed by atoms with Crippen molar-refractivity contribution in [3.05, 3.63) is 26.2 Å². The van der Waals surface area contributed by atoms with Crippen LogP contribution in [-0.4, -0.2) is 6.10 Å². The molecule has 0 heterocycles. The zero-order valence-corrected chi connectivity index (χ0v) is 10.1. The van der Waals surface area contributed by atoms with E-state index in [1.165, 1.54) is 16.4 Å². The maximum atomic E-state index is 5.66. The van der Waals surface area contributed by atoms with Crippen LogP contribution in [0.1, 0.15) is 12.8 Å². The molecule has 0 aliphatic heterocycles. The van der Waals surface area contributed by atoms with Crippen LogP contribution in [0.25, 0.3) is 0 Å². The minimum atomic E-state index is 0.473. The second-order valence-corrected chi connectivity index (χ2v) is 4.99. The normalized spacial score (nSPS) is 16.2. The lowest BCUT2D eigenvalue weighted by Gasteiger charge is -2.06. The van der Waals surface area contributed by atoms with E-state index >= 15 is 0 Å². The average molecular weight is 339 g/mol. The Morgan fingerprint density at radius 1 is 1.42 bits per heavy atom. The van der Waals surface area contributed by atoms with Gasteiger partial charge in [-0.15, -0.1) is 0 Å². The van der Waals surface area contributed by atoms with Gasteiger partial charge in [0.1, 0.15) is 5.75 Å². The molecule has 12 heavy (non-hydrogen) atoms. The summed E-state index contributed by atoms with van der Waals surface area (Å²) < 4.78 is 7.94. The number of halogens is 2. The van der Waals surface area contributed by atoms with E-state index in [4.69, 9.17) is 4.74 Å². The lowest BCUT2D eigenvalue weighted by molar-refractivity contribution is 0.301. The van der Waals surface area contributed by atoms with Crippen molar-refractivity contribution in [1.82, 2.24) is 0 Å². The first kappa shape index (κ1) is 8.81. The Balaban J connectivity index is 2.18. The Morgan fingerprint density at radius 2 is 2.17 bits per heavy atom. The van der Waals surface area contributed by atoms with Crippen molar-refractivity contribution in [3.8, 4) is 5.75 Å². The summed E-state index contributed by atoms with van der Waals surface area (Å²) in [6, 6.07) is 6.14. The Hall–Kier alpha value is 0.230. The molecule has 1 saturated carbocycles. The van der Waals surface area contributed by atoms with E-state index in [-0.39, 0.29) is 0 Å². The van der Waals surface area contributed by atoms with Gasteiger partial charge in [-0.1, -0.05) is 0 Å². The van der Waals surface area contributed by atoms with Gasteiger partial charge in [0.25, 0.3) is 0 Å². The second kappa shape index (κ2) is 3.54. The van der Waals surface area contributed by atoms with Gasteiger partial charge in [-0.25, -0.2) is 0 Å². The molecule has 0 atom stereocenters. The van der Waals surface area contributed by atoms with E-state index in [1.54, 1.807) is 0 Å². The summed E-state index contributed by atoms with van der Waals surface area (Å²) in [7, 11) is 0. The first-order valence-corrected chi connectivity index (χ1v) is 5.74. The number of hydrogen-bond donors (Lipinski definition) is 0. The molecular formula is C9H8BrIO. The predicted octanol–water partition coefficient (Wildman–Crippen LogP) is 3.59. The molecule has 0 bridgehead atoms. The molecule has 0 aromatic heterocycles. The third-order valence-corrected chi connectivity index (χ3v) is 3.00. The third kappa shape index (κ3) is 2.13. The Kier molecular flexibility index (Phi) is 2.60. The highest BCUT2D eigenvalue weighted by Gasteiger charge is 2.24. The highest BCUT2D eigenvalue weighted by atomic mass is 127. The van der Waals surface area contributed by atoms with Gasteiger partial charge in [-0.3, -0.25) is 0 Å². The molecule has 64 valence electrons. The molecule has 1 aromatic carbocycles. The lowest BCUT2D eigenvalue weighted by atomic mass is 10.3. The molecule has 3 heteroatoms. The molecule has 0 amide bonds. The summed E-state index contributed by atoms with van der Waals surface area (Å²) in [5, 5.41) is 0. The largest absolute Gasteiger partial charge is 0.489 e. The molecule has 0 unspecified atom stereocenters. The van der Waals surface area contributed by atoms with Gasteiger partial charge in [0.2, 0.25) is 0 Å². The third-order valence-electron chi connectivity index (χ3n) is 1.71. The van der Waals surface area contributed by atoms with E-state index in [0.29, 0.717) is 6.10 Å². The van der Waals surface area contributed by atoms with E-state index in [0.717, 1.165) is 10.2 Å². The monoisotopic (exact) mass is 338 g/mol. The van der Waals surface area contributed by atoms with Crippen molar-refractivity contribution >= 4 is 38.5 Å². The summed E-state index contributed by atoms with van der Waals surface area (Å²) in [4.78, 5) is 0. The molecule has 1 fully saturated rings. The predicted molar refractivity (Wildman–Crippen MR) is 60.5 cm³/mol. The van der Waals surface area contributed by atoms with Gasteiger partial charge in [0.05, 0.1) is 10.6 Å². The minimum Gasteiger partial charge on any atom is -0.489 e. The molecular weight excluding hydrogens is 331 g/mol. The SMILES string of the molecule is Brc1cc(I)ccc1OC1CC1. The fraction of sp³-hybridized carbons (Fsp3) is 0.333. The second-order valence-electron chi connectivity index (χ2n) is 2.89. The molecule has 1 nitrogen and oxygen atoms in total. The van der Waals surface area contributed by atoms with Crippen molar-refractivity contribution in [2.45, 2.75) is 18.9 Å². The summed E-state index contributed by atoms with van der Waals surface area (Å²) >= 11 is 5.76. The van der Waals surface area contributed by atoms with Crippen molar-refractivity contribution in [2.75, 3.05) is 0 Å². The number of ether oxygens (including phenoxy) is 1. The number of benzene rings is 1. The minimum absolute atomic E-state index is 0.473. The van der Waals surface area contributed by atoms with Crippen molar-refractivity contribution in [1.29, 1.82) is 0 Å². The fourth-order valence-corrected chi connectivity index (χ4v) is 2.33. The van der Waals surface area contributed by atoms with Crippen molar-refractivity contribution in [2.24, 2.45) is 0 Å². The standard InChI is InChI=1S/C9H8BrIO/c10-8-5-6(11)1-4-9(8)12-7-2-3-7/h1,4-5,7H,2-3H2. The molecule has 0 spiro atoms. The Bertz CT molecular complexity index is 297. The molecule has 0 N–H and O–H groups in total. The van der Waals surface area contributed by atoms with Crippen LogP contribution in [0.3, 0.4) is 0 Å². The van der Waals surface area contributed by atoms with Crippen LogP contribution in [0.5, 0.6) is 5.75 Å². The molecule has 2 rings (SSSR count). The van der Waals surface area contributed by atoms with Crippen LogP contribution < -0.4 is 4.74 Å². The van der Waals surface area contributed by atoms with Crippen LogP contribution in [-0.2, 0) is 0 Å². The first-order valence-electron chi connectivity index (χ1n) is 3.87. The quantitative estimate of drug-likeness (QED) is 0.749. The maximum Gasteiger partial charge on any atom is 0.133 e. The van der Waals surface area contributed by atoms with E-state index in [9.17, 15) is 0 Å². The van der Waals surface area contributed by atoms with Gasteiger partial charge in [0, 0.05) is 3.57 Å². The van der Waals surface area contributed by atoms with Gasteiger partial charge in [0.15, 0.2) is 0 Å². The zero-order valence-electron chi connectivity index (χ0n) is 6.39. The van der Waals surface area contributed by atoms with E-state index < -0.39 is 0 Å². The van der Waals surface area contributed by atoms with Crippen LogP contribution >= 0.6 is 38.5 Å². The average Bonchev–Trinajstić information content (AvgIpc) is 2.79. The van der Waals surface area contributed by atoms with Crippen LogP contribution in [0.2, 0.25) is 0 Å². The van der Waals surface area contributed by atoms with Gasteiger partial charge in [-0.05, 0) is 69.6 Å². The van der Waals surface area contributed by atoms with Crippen LogP contribution in [0.4, 0.5) is 0 Å². The maximum absolute atomic E-state index is 5.66. The zero-order chi connectivity index (χ0) is 8.55. The summed E-state index contributed by atoms with van der Waals surface area (Å²) in [5.74, 6) is 0.970. The fourth-order valence-electron chi connectivity index (χ4n) is 0.936. The highest BCUT2D eigenvalue weighted by Crippen LogP contribution is 2.32. The smallest absolute Gasteiger partial charge is 0.133 e. The van der Waals surface area contributed by atoms with Gasteiger partial charge >= 0.3 is 0 Å². The topological polar surface area (TPSA) is 9.23 Å². The lowest BCUT2D eigenvalue weighted by Crippen LogP contribution is -1.96. The van der Waals surface area contributed by atoms with Crippen LogP contribution in [0.15, 0.2) is 22.7 Å². The summed E-state index contributed by atoms with van der Waals surface area (Å²) in [5.41, 5.74) is 0. The molecule has 1 aliphatic carbocycles. The summed E-state index contributed by atoms with van der Waals surface area (Å²) in [6.45, 7) is 0. The number of rotatable bonds is 2. The highest BCUT2D eigenvalue weighted by molar-refractivity contribution is 14.1. The molecule has 1 aliphatic rings. The van der Waals surface area contributed by atoms with Gasteiger partial charge in [-0.2, -0.15) is 0 Å². The first-order chi connectivity index (χ1) is 5.75. The van der Waals surface area contributed by atoms with Crippen LogP contribution in [0, 0.1) is 3.57 Å². The Labute approximate surface area is 93.8 Å². The molecule has 0 radical (unpaired) electrons. The molecule has 1 aromatic rings. The summed E-state index contributed by atoms with van der Waals surface area (Å²) in [6.07, 6.45) is 2.89. The Morgan fingerprint density at radius 3 is 2.75 bits per heavy atom. The van der Waals surface area contributed by atoms with Gasteiger partial charge < -0.3 is 4.74 Å². The van der Waals surface area contributed by atoms with Crippen molar-refractivity contribution in [3.63, 3.8) is 0 Å². The van der Waals surface area contributed by atoms with E-state index in [2.05, 4.69) is 50.7 Å². The molecule has 0 saturated heterocycles. The van der Waals surface area contributed by atoms with Crippen molar-refractivity contribution < 1.29 is 4.74 Å².